The fraction of sp³-hybridized carbons (Fsp3) is 0.0333. The quantitative estimate of drug-likeness (QED) is 0.281. The monoisotopic (exact) mass is 423 g/mol. The Labute approximate surface area is 191 Å². The molecule has 7 rings (SSSR count). The first kappa shape index (κ1) is 18.2. The number of fused-ring (bicyclic) bond motifs is 6. The van der Waals surface area contributed by atoms with E-state index in [0.717, 1.165) is 17.2 Å². The highest BCUT2D eigenvalue weighted by Crippen LogP contribution is 2.34. The van der Waals surface area contributed by atoms with Crippen LogP contribution in [0.15, 0.2) is 109 Å². The summed E-state index contributed by atoms with van der Waals surface area (Å²) in [6.45, 7) is 2.14. The van der Waals surface area contributed by atoms with E-state index in [-0.39, 0.29) is 0 Å². The van der Waals surface area contributed by atoms with Crippen molar-refractivity contribution in [3.63, 3.8) is 0 Å². The second-order valence-electron chi connectivity index (χ2n) is 8.55. The fourth-order valence-corrected chi connectivity index (χ4v) is 5.18. The van der Waals surface area contributed by atoms with Crippen molar-refractivity contribution >= 4 is 43.6 Å². The van der Waals surface area contributed by atoms with Gasteiger partial charge >= 0.3 is 0 Å². The predicted octanol–water partition coefficient (Wildman–Crippen LogP) is 7.58. The Morgan fingerprint density at radius 1 is 0.455 bits per heavy atom. The largest absolute Gasteiger partial charge is 0.294 e. The van der Waals surface area contributed by atoms with Crippen LogP contribution in [0.4, 0.5) is 0 Å². The van der Waals surface area contributed by atoms with Crippen LogP contribution in [0.25, 0.3) is 55.2 Å². The first-order valence-electron chi connectivity index (χ1n) is 11.3. The lowest BCUT2D eigenvalue weighted by molar-refractivity contribution is 0.996. The van der Waals surface area contributed by atoms with Crippen LogP contribution in [0.2, 0.25) is 0 Å². The number of rotatable bonds is 2. The molecular formula is C30H21N3. The molecule has 0 saturated heterocycles. The van der Waals surface area contributed by atoms with Gasteiger partial charge in [0.15, 0.2) is 0 Å². The van der Waals surface area contributed by atoms with E-state index in [4.69, 9.17) is 4.98 Å². The molecule has 3 heterocycles. The van der Waals surface area contributed by atoms with Gasteiger partial charge in [-0.05, 0) is 42.8 Å². The van der Waals surface area contributed by atoms with E-state index in [0.29, 0.717) is 0 Å². The number of nitrogens with zero attached hydrogens (tertiary/aromatic N) is 3. The second-order valence-corrected chi connectivity index (χ2v) is 8.55. The summed E-state index contributed by atoms with van der Waals surface area (Å²) < 4.78 is 4.58. The van der Waals surface area contributed by atoms with Crippen LogP contribution in [0.5, 0.6) is 0 Å². The Morgan fingerprint density at radius 3 is 1.30 bits per heavy atom. The van der Waals surface area contributed by atoms with Gasteiger partial charge in [0.05, 0.1) is 22.1 Å². The van der Waals surface area contributed by atoms with Crippen molar-refractivity contribution in [3.8, 4) is 11.6 Å². The summed E-state index contributed by atoms with van der Waals surface area (Å²) in [5.41, 5.74) is 5.83. The summed E-state index contributed by atoms with van der Waals surface area (Å²) in [6, 6.07) is 38.6. The first-order chi connectivity index (χ1) is 16.3. The molecule has 156 valence electrons. The molecular weight excluding hydrogens is 402 g/mol. The number of hydrogen-bond acceptors (Lipinski definition) is 1. The van der Waals surface area contributed by atoms with Crippen LogP contribution in [-0.2, 0) is 0 Å². The highest BCUT2D eigenvalue weighted by Gasteiger charge is 2.17. The van der Waals surface area contributed by atoms with Crippen molar-refractivity contribution in [2.75, 3.05) is 0 Å². The zero-order valence-corrected chi connectivity index (χ0v) is 18.2. The Kier molecular flexibility index (Phi) is 3.76. The van der Waals surface area contributed by atoms with E-state index >= 15 is 0 Å². The molecule has 0 amide bonds. The molecule has 0 spiro atoms. The third kappa shape index (κ3) is 2.53. The minimum absolute atomic E-state index is 0.926. The number of aryl methyl sites for hydroxylation is 1. The first-order valence-corrected chi connectivity index (χ1v) is 11.3. The topological polar surface area (TPSA) is 22.8 Å². The average Bonchev–Trinajstić information content (AvgIpc) is 3.38. The summed E-state index contributed by atoms with van der Waals surface area (Å²) >= 11 is 0. The maximum Gasteiger partial charge on any atom is 0.143 e. The SMILES string of the molecule is Cc1ccc(-n2c3ccccc3c3ccccc32)nc1-n1c2ccccc2c2ccccc21. The Morgan fingerprint density at radius 2 is 0.848 bits per heavy atom. The minimum Gasteiger partial charge on any atom is -0.294 e. The van der Waals surface area contributed by atoms with Crippen molar-refractivity contribution in [2.24, 2.45) is 0 Å². The molecule has 0 aliphatic rings. The molecule has 0 saturated carbocycles. The van der Waals surface area contributed by atoms with Crippen molar-refractivity contribution in [3.05, 3.63) is 115 Å². The predicted molar refractivity (Wildman–Crippen MR) is 138 cm³/mol. The maximum atomic E-state index is 5.28. The average molecular weight is 424 g/mol. The van der Waals surface area contributed by atoms with Gasteiger partial charge in [0, 0.05) is 21.5 Å². The molecule has 0 unspecified atom stereocenters. The fourth-order valence-electron chi connectivity index (χ4n) is 5.18. The molecule has 3 aromatic heterocycles. The van der Waals surface area contributed by atoms with Crippen LogP contribution in [0.1, 0.15) is 5.56 Å². The van der Waals surface area contributed by atoms with Crippen LogP contribution >= 0.6 is 0 Å². The lowest BCUT2D eigenvalue weighted by atomic mass is 10.2. The molecule has 0 aliphatic heterocycles. The third-order valence-corrected chi connectivity index (χ3v) is 6.66. The zero-order valence-electron chi connectivity index (χ0n) is 18.2. The van der Waals surface area contributed by atoms with Crippen LogP contribution in [0.3, 0.4) is 0 Å². The van der Waals surface area contributed by atoms with E-state index in [1.54, 1.807) is 0 Å². The summed E-state index contributed by atoms with van der Waals surface area (Å²) in [5.74, 6) is 1.89. The molecule has 4 aromatic carbocycles. The summed E-state index contributed by atoms with van der Waals surface area (Å²) in [4.78, 5) is 5.28. The lowest BCUT2D eigenvalue weighted by Gasteiger charge is -2.14. The molecule has 0 bridgehead atoms. The van der Waals surface area contributed by atoms with Crippen molar-refractivity contribution < 1.29 is 0 Å². The van der Waals surface area contributed by atoms with E-state index in [1.165, 1.54) is 43.6 Å². The van der Waals surface area contributed by atoms with Gasteiger partial charge in [-0.2, -0.15) is 0 Å². The standard InChI is InChI=1S/C30H21N3/c1-20-18-19-29(32-25-14-6-2-10-21(25)22-11-3-7-15-26(22)32)31-30(20)33-27-16-8-4-12-23(27)24-13-5-9-17-28(24)33/h2-19H,1H3. The molecule has 7 aromatic rings. The summed E-state index contributed by atoms with van der Waals surface area (Å²) in [7, 11) is 0. The Hall–Kier alpha value is -4.37. The molecule has 3 nitrogen and oxygen atoms in total. The number of pyridine rings is 1. The van der Waals surface area contributed by atoms with Gasteiger partial charge in [0.25, 0.3) is 0 Å². The van der Waals surface area contributed by atoms with E-state index in [1.807, 2.05) is 0 Å². The summed E-state index contributed by atoms with van der Waals surface area (Å²) in [6.07, 6.45) is 0. The number of aromatic nitrogens is 3. The molecule has 0 radical (unpaired) electrons. The molecule has 0 N–H and O–H groups in total. The number of benzene rings is 4. The smallest absolute Gasteiger partial charge is 0.143 e. The molecule has 0 fully saturated rings. The maximum absolute atomic E-state index is 5.28. The third-order valence-electron chi connectivity index (χ3n) is 6.66. The second kappa shape index (κ2) is 6.81. The summed E-state index contributed by atoms with van der Waals surface area (Å²) in [5, 5.41) is 4.98. The molecule has 0 aliphatic carbocycles. The van der Waals surface area contributed by atoms with Crippen LogP contribution in [0, 0.1) is 6.92 Å². The van der Waals surface area contributed by atoms with Crippen molar-refractivity contribution in [1.82, 2.24) is 14.1 Å². The van der Waals surface area contributed by atoms with Crippen LogP contribution in [-0.4, -0.2) is 14.1 Å². The molecule has 3 heteroatoms. The van der Waals surface area contributed by atoms with Gasteiger partial charge in [-0.3, -0.25) is 9.13 Å². The van der Waals surface area contributed by atoms with Gasteiger partial charge in [0.2, 0.25) is 0 Å². The lowest BCUT2D eigenvalue weighted by Crippen LogP contribution is -2.05. The van der Waals surface area contributed by atoms with Gasteiger partial charge in [-0.1, -0.05) is 78.9 Å². The van der Waals surface area contributed by atoms with Gasteiger partial charge in [-0.25, -0.2) is 4.98 Å². The number of hydrogen-bond donors (Lipinski definition) is 0. The highest BCUT2D eigenvalue weighted by atomic mass is 15.1. The van der Waals surface area contributed by atoms with E-state index in [9.17, 15) is 0 Å². The zero-order chi connectivity index (χ0) is 21.9. The van der Waals surface area contributed by atoms with E-state index < -0.39 is 0 Å². The number of para-hydroxylation sites is 4. The van der Waals surface area contributed by atoms with Gasteiger partial charge in [-0.15, -0.1) is 0 Å². The van der Waals surface area contributed by atoms with Crippen molar-refractivity contribution in [2.45, 2.75) is 6.92 Å². The van der Waals surface area contributed by atoms with Crippen LogP contribution < -0.4 is 0 Å². The van der Waals surface area contributed by atoms with E-state index in [2.05, 4.69) is 125 Å². The normalized spacial score (nSPS) is 11.8. The van der Waals surface area contributed by atoms with Gasteiger partial charge < -0.3 is 0 Å². The van der Waals surface area contributed by atoms with Gasteiger partial charge in [0.1, 0.15) is 11.6 Å². The minimum atomic E-state index is 0.926. The molecule has 33 heavy (non-hydrogen) atoms. The molecule has 0 atom stereocenters. The Balaban J connectivity index is 1.58. The highest BCUT2D eigenvalue weighted by molar-refractivity contribution is 6.10. The Bertz CT molecular complexity index is 1730. The van der Waals surface area contributed by atoms with Crippen molar-refractivity contribution in [1.29, 1.82) is 0 Å².